The molecule has 14 heavy (non-hydrogen) atoms. The summed E-state index contributed by atoms with van der Waals surface area (Å²) in [5, 5.41) is 8.85. The van der Waals surface area contributed by atoms with Crippen molar-refractivity contribution in [3.63, 3.8) is 0 Å². The molecule has 0 heterocycles. The van der Waals surface area contributed by atoms with Gasteiger partial charge in [-0.2, -0.15) is 0 Å². The molecule has 1 aromatic rings. The summed E-state index contributed by atoms with van der Waals surface area (Å²) in [5.74, 6) is -1.46. The van der Waals surface area contributed by atoms with Crippen molar-refractivity contribution in [2.45, 2.75) is 6.92 Å². The number of phenols is 1. The lowest BCUT2D eigenvalue weighted by molar-refractivity contribution is 0.432. The minimum absolute atomic E-state index is 0.0878. The van der Waals surface area contributed by atoms with Gasteiger partial charge in [-0.05, 0) is 19.1 Å². The van der Waals surface area contributed by atoms with Crippen LogP contribution in [-0.2, 0) is 10.0 Å². The van der Waals surface area contributed by atoms with E-state index in [1.165, 1.54) is 13.0 Å². The fourth-order valence-electron chi connectivity index (χ4n) is 0.822. The second-order valence-electron chi connectivity index (χ2n) is 2.67. The van der Waals surface area contributed by atoms with E-state index in [-0.39, 0.29) is 11.4 Å². The molecule has 0 saturated heterocycles. The van der Waals surface area contributed by atoms with Gasteiger partial charge in [0.1, 0.15) is 0 Å². The molecule has 0 saturated carbocycles. The van der Waals surface area contributed by atoms with Crippen molar-refractivity contribution in [3.05, 3.63) is 24.0 Å². The standard InChI is InChI=1S/C8H10FNO3S/c1-2-14(12,13)10-6-3-4-8(11)7(9)5-6/h3-5,10-11H,2H2,1H3. The Morgan fingerprint density at radius 1 is 1.50 bits per heavy atom. The highest BCUT2D eigenvalue weighted by Gasteiger charge is 2.08. The largest absolute Gasteiger partial charge is 0.505 e. The molecule has 0 radical (unpaired) electrons. The Bertz CT molecular complexity index is 430. The number of benzene rings is 1. The van der Waals surface area contributed by atoms with E-state index in [9.17, 15) is 12.8 Å². The van der Waals surface area contributed by atoms with Gasteiger partial charge in [0, 0.05) is 6.07 Å². The Morgan fingerprint density at radius 2 is 2.14 bits per heavy atom. The quantitative estimate of drug-likeness (QED) is 0.753. The van der Waals surface area contributed by atoms with Crippen LogP contribution in [0.1, 0.15) is 6.92 Å². The van der Waals surface area contributed by atoms with Gasteiger partial charge in [0.25, 0.3) is 0 Å². The maximum atomic E-state index is 12.8. The number of nitrogens with one attached hydrogen (secondary N) is 1. The van der Waals surface area contributed by atoms with E-state index in [0.29, 0.717) is 0 Å². The zero-order chi connectivity index (χ0) is 10.8. The van der Waals surface area contributed by atoms with Gasteiger partial charge < -0.3 is 5.11 Å². The van der Waals surface area contributed by atoms with Crippen LogP contribution in [0.5, 0.6) is 5.75 Å². The molecule has 0 spiro atoms. The number of halogens is 1. The molecule has 0 aliphatic rings. The minimum atomic E-state index is -3.40. The summed E-state index contributed by atoms with van der Waals surface area (Å²) < 4.78 is 37.1. The van der Waals surface area contributed by atoms with Crippen LogP contribution >= 0.6 is 0 Å². The molecule has 2 N–H and O–H groups in total. The highest BCUT2D eigenvalue weighted by atomic mass is 32.2. The number of sulfonamides is 1. The molecule has 0 fully saturated rings. The molecule has 0 aromatic heterocycles. The predicted molar refractivity (Wildman–Crippen MR) is 51.1 cm³/mol. The highest BCUT2D eigenvalue weighted by Crippen LogP contribution is 2.19. The molecule has 4 nitrogen and oxygen atoms in total. The van der Waals surface area contributed by atoms with Crippen LogP contribution in [0.25, 0.3) is 0 Å². The first-order valence-electron chi connectivity index (χ1n) is 3.93. The van der Waals surface area contributed by atoms with Crippen molar-refractivity contribution in [2.75, 3.05) is 10.5 Å². The van der Waals surface area contributed by atoms with Crippen LogP contribution in [0.15, 0.2) is 18.2 Å². The number of hydrogen-bond donors (Lipinski definition) is 2. The first-order chi connectivity index (χ1) is 6.44. The first-order valence-corrected chi connectivity index (χ1v) is 5.59. The third kappa shape index (κ3) is 2.59. The SMILES string of the molecule is CCS(=O)(=O)Nc1ccc(O)c(F)c1. The van der Waals surface area contributed by atoms with Gasteiger partial charge in [-0.3, -0.25) is 4.72 Å². The van der Waals surface area contributed by atoms with Crippen molar-refractivity contribution >= 4 is 15.7 Å². The minimum Gasteiger partial charge on any atom is -0.505 e. The van der Waals surface area contributed by atoms with Gasteiger partial charge >= 0.3 is 0 Å². The lowest BCUT2D eigenvalue weighted by atomic mass is 10.3. The van der Waals surface area contributed by atoms with E-state index in [1.807, 2.05) is 0 Å². The molecule has 6 heteroatoms. The topological polar surface area (TPSA) is 66.4 Å². The zero-order valence-corrected chi connectivity index (χ0v) is 8.31. The van der Waals surface area contributed by atoms with Gasteiger partial charge in [0.05, 0.1) is 11.4 Å². The number of hydrogen-bond acceptors (Lipinski definition) is 3. The van der Waals surface area contributed by atoms with Gasteiger partial charge in [-0.1, -0.05) is 0 Å². The van der Waals surface area contributed by atoms with Crippen molar-refractivity contribution < 1.29 is 17.9 Å². The van der Waals surface area contributed by atoms with E-state index in [0.717, 1.165) is 12.1 Å². The van der Waals surface area contributed by atoms with Crippen LogP contribution in [0.2, 0.25) is 0 Å². The first kappa shape index (κ1) is 10.8. The van der Waals surface area contributed by atoms with Crippen molar-refractivity contribution in [1.29, 1.82) is 0 Å². The summed E-state index contributed by atoms with van der Waals surface area (Å²) in [4.78, 5) is 0. The molecule has 0 unspecified atom stereocenters. The van der Waals surface area contributed by atoms with Gasteiger partial charge in [-0.15, -0.1) is 0 Å². The van der Waals surface area contributed by atoms with E-state index in [2.05, 4.69) is 4.72 Å². The third-order valence-electron chi connectivity index (χ3n) is 1.60. The predicted octanol–water partition coefficient (Wildman–Crippen LogP) is 1.29. The van der Waals surface area contributed by atoms with Crippen LogP contribution in [0.3, 0.4) is 0 Å². The average molecular weight is 219 g/mol. The molecule has 1 rings (SSSR count). The van der Waals surface area contributed by atoms with Crippen molar-refractivity contribution in [2.24, 2.45) is 0 Å². The third-order valence-corrected chi connectivity index (χ3v) is 2.91. The molecule has 78 valence electrons. The van der Waals surface area contributed by atoms with Gasteiger partial charge in [-0.25, -0.2) is 12.8 Å². The van der Waals surface area contributed by atoms with Crippen molar-refractivity contribution in [1.82, 2.24) is 0 Å². The summed E-state index contributed by atoms with van der Waals surface area (Å²) in [6, 6.07) is 3.29. The lowest BCUT2D eigenvalue weighted by Crippen LogP contribution is -2.14. The Labute approximate surface area is 81.4 Å². The van der Waals surface area contributed by atoms with E-state index >= 15 is 0 Å². The van der Waals surface area contributed by atoms with E-state index in [4.69, 9.17) is 5.11 Å². The molecule has 1 aromatic carbocycles. The molecule has 0 atom stereocenters. The Morgan fingerprint density at radius 3 is 2.64 bits per heavy atom. The molecule has 0 amide bonds. The maximum absolute atomic E-state index is 12.8. The number of anilines is 1. The molecular formula is C8H10FNO3S. The number of rotatable bonds is 3. The second kappa shape index (κ2) is 3.83. The smallest absolute Gasteiger partial charge is 0.232 e. The van der Waals surface area contributed by atoms with Gasteiger partial charge in [0.15, 0.2) is 11.6 Å². The molecular weight excluding hydrogens is 209 g/mol. The fourth-order valence-corrected chi connectivity index (χ4v) is 1.45. The Hall–Kier alpha value is -1.30. The monoisotopic (exact) mass is 219 g/mol. The number of phenolic OH excluding ortho intramolecular Hbond substituents is 1. The molecule has 0 aliphatic carbocycles. The highest BCUT2D eigenvalue weighted by molar-refractivity contribution is 7.92. The Kier molecular flexibility index (Phi) is 2.95. The summed E-state index contributed by atoms with van der Waals surface area (Å²) in [6.07, 6.45) is 0. The van der Waals surface area contributed by atoms with Crippen LogP contribution < -0.4 is 4.72 Å². The summed E-state index contributed by atoms with van der Waals surface area (Å²) in [7, 11) is -3.40. The number of aromatic hydroxyl groups is 1. The lowest BCUT2D eigenvalue weighted by Gasteiger charge is -2.05. The van der Waals surface area contributed by atoms with Crippen LogP contribution in [0.4, 0.5) is 10.1 Å². The zero-order valence-electron chi connectivity index (χ0n) is 7.49. The van der Waals surface area contributed by atoms with Crippen LogP contribution in [0, 0.1) is 5.82 Å². The second-order valence-corrected chi connectivity index (χ2v) is 4.68. The van der Waals surface area contributed by atoms with E-state index < -0.39 is 21.6 Å². The molecule has 0 bridgehead atoms. The maximum Gasteiger partial charge on any atom is 0.232 e. The van der Waals surface area contributed by atoms with Crippen molar-refractivity contribution in [3.8, 4) is 5.75 Å². The van der Waals surface area contributed by atoms with Crippen LogP contribution in [-0.4, -0.2) is 19.3 Å². The average Bonchev–Trinajstić information content (AvgIpc) is 2.11. The normalized spacial score (nSPS) is 11.3. The van der Waals surface area contributed by atoms with Gasteiger partial charge in [0.2, 0.25) is 10.0 Å². The molecule has 0 aliphatic heterocycles. The fraction of sp³-hybridized carbons (Fsp3) is 0.250. The summed E-state index contributed by atoms with van der Waals surface area (Å²) in [6.45, 7) is 1.47. The summed E-state index contributed by atoms with van der Waals surface area (Å²) >= 11 is 0. The van der Waals surface area contributed by atoms with E-state index in [1.54, 1.807) is 0 Å². The summed E-state index contributed by atoms with van der Waals surface area (Å²) in [5.41, 5.74) is 0.0992. The Balaban J connectivity index is 2.94.